The predicted molar refractivity (Wildman–Crippen MR) is 128 cm³/mol. The lowest BCUT2D eigenvalue weighted by Gasteiger charge is -2.23. The second-order valence-corrected chi connectivity index (χ2v) is 8.61. The van der Waals surface area contributed by atoms with Crippen LogP contribution in [0.15, 0.2) is 48.3 Å². The molecule has 0 radical (unpaired) electrons. The number of halogens is 1. The van der Waals surface area contributed by atoms with Crippen molar-refractivity contribution in [3.05, 3.63) is 65.4 Å². The molecule has 0 fully saturated rings. The average Bonchev–Trinajstić information content (AvgIpc) is 3.21. The minimum Gasteiger partial charge on any atom is -0.492 e. The number of aromatic amines is 1. The number of allylic oxidation sites excluding steroid dienone is 1. The van der Waals surface area contributed by atoms with Crippen LogP contribution in [0.1, 0.15) is 48.2 Å². The molecule has 4 heterocycles. The first kappa shape index (κ1) is 22.0. The molecular weight excluding hydrogens is 435 g/mol. The molecule has 176 valence electrons. The third kappa shape index (κ3) is 4.00. The van der Waals surface area contributed by atoms with E-state index >= 15 is 0 Å². The normalized spacial score (nSPS) is 19.2. The molecule has 0 spiro atoms. The summed E-state index contributed by atoms with van der Waals surface area (Å²) in [5.74, 6) is 0.143. The quantitative estimate of drug-likeness (QED) is 0.460. The Morgan fingerprint density at radius 1 is 1.29 bits per heavy atom. The smallest absolute Gasteiger partial charge is 0.255 e. The number of rotatable bonds is 3. The van der Waals surface area contributed by atoms with Crippen LogP contribution < -0.4 is 20.1 Å². The Balaban J connectivity index is 1.72. The summed E-state index contributed by atoms with van der Waals surface area (Å²) in [5, 5.41) is 6.32. The number of nitrogens with one attached hydrogen (secondary N) is 3. The van der Waals surface area contributed by atoms with Crippen molar-refractivity contribution in [2.24, 2.45) is 0 Å². The number of hydrogen-bond acceptors (Lipinski definition) is 5. The molecule has 5 rings (SSSR count). The van der Waals surface area contributed by atoms with Crippen LogP contribution in [-0.2, 0) is 0 Å². The standard InChI is InChI=1S/C26H27FN4O3/c1-15-5-3-6-16-13-29-26(32)21-22(16)31-23(17-9-11-28-14-20(17)34-12-10-15)24(21)30-19-8-4-7-18(27)25(19)33-2/h4-5,7-9,11,14,16,30-31H,3,6,10,12-13H2,1-2H3,(H,29,32)/b15-5-/t16-/m0/s1. The van der Waals surface area contributed by atoms with Gasteiger partial charge in [-0.2, -0.15) is 0 Å². The number of anilines is 2. The van der Waals surface area contributed by atoms with Gasteiger partial charge in [0, 0.05) is 36.3 Å². The molecule has 3 aromatic rings. The molecule has 0 saturated carbocycles. The molecule has 0 aliphatic carbocycles. The van der Waals surface area contributed by atoms with E-state index in [-0.39, 0.29) is 17.6 Å². The Morgan fingerprint density at radius 3 is 3.03 bits per heavy atom. The summed E-state index contributed by atoms with van der Waals surface area (Å²) in [6.07, 6.45) is 8.21. The van der Waals surface area contributed by atoms with Crippen LogP contribution in [0.3, 0.4) is 0 Å². The van der Waals surface area contributed by atoms with Gasteiger partial charge in [0.1, 0.15) is 5.75 Å². The van der Waals surface area contributed by atoms with Gasteiger partial charge in [-0.15, -0.1) is 0 Å². The minimum atomic E-state index is -0.488. The summed E-state index contributed by atoms with van der Waals surface area (Å²) in [7, 11) is 1.42. The Hall–Kier alpha value is -3.81. The van der Waals surface area contributed by atoms with Gasteiger partial charge < -0.3 is 25.1 Å². The fraction of sp³-hybridized carbons (Fsp3) is 0.308. The van der Waals surface area contributed by atoms with Crippen molar-refractivity contribution in [1.82, 2.24) is 15.3 Å². The highest BCUT2D eigenvalue weighted by Crippen LogP contribution is 2.44. The molecule has 1 atom stereocenters. The zero-order valence-electron chi connectivity index (χ0n) is 19.2. The van der Waals surface area contributed by atoms with Crippen LogP contribution in [0, 0.1) is 5.82 Å². The topological polar surface area (TPSA) is 88.3 Å². The largest absolute Gasteiger partial charge is 0.492 e. The number of carbonyl (C=O) groups excluding carboxylic acids is 1. The van der Waals surface area contributed by atoms with Gasteiger partial charge in [0.25, 0.3) is 5.91 Å². The van der Waals surface area contributed by atoms with E-state index in [1.165, 1.54) is 18.7 Å². The number of pyridine rings is 1. The number of hydrogen-bond donors (Lipinski definition) is 3. The number of amides is 1. The fourth-order valence-electron chi connectivity index (χ4n) is 4.65. The summed E-state index contributed by atoms with van der Waals surface area (Å²) >= 11 is 0. The molecule has 0 unspecified atom stereocenters. The number of carbonyl (C=O) groups is 1. The molecule has 2 aromatic heterocycles. The highest BCUT2D eigenvalue weighted by atomic mass is 19.1. The van der Waals surface area contributed by atoms with Gasteiger partial charge in [-0.1, -0.05) is 17.7 Å². The summed E-state index contributed by atoms with van der Waals surface area (Å²) in [5.41, 5.74) is 5.12. The number of benzene rings is 1. The molecule has 2 bridgehead atoms. The van der Waals surface area contributed by atoms with E-state index in [0.29, 0.717) is 41.5 Å². The minimum absolute atomic E-state index is 0.0809. The highest BCUT2D eigenvalue weighted by molar-refractivity contribution is 6.07. The molecular formula is C26H27FN4O3. The monoisotopic (exact) mass is 462 g/mol. The van der Waals surface area contributed by atoms with Gasteiger partial charge in [-0.05, 0) is 38.0 Å². The third-order valence-corrected chi connectivity index (χ3v) is 6.42. The van der Waals surface area contributed by atoms with Crippen molar-refractivity contribution in [2.45, 2.75) is 32.1 Å². The molecule has 0 saturated heterocycles. The maximum absolute atomic E-state index is 14.4. The Labute approximate surface area is 197 Å². The van der Waals surface area contributed by atoms with E-state index in [1.807, 2.05) is 6.07 Å². The zero-order valence-corrected chi connectivity index (χ0v) is 19.2. The van der Waals surface area contributed by atoms with Gasteiger partial charge in [-0.3, -0.25) is 9.78 Å². The number of fused-ring (bicyclic) bond motifs is 3. The number of ether oxygens (including phenoxy) is 2. The van der Waals surface area contributed by atoms with Gasteiger partial charge in [0.15, 0.2) is 11.6 Å². The maximum Gasteiger partial charge on any atom is 0.255 e. The van der Waals surface area contributed by atoms with Crippen LogP contribution in [0.5, 0.6) is 11.5 Å². The number of H-pyrrole nitrogens is 1. The lowest BCUT2D eigenvalue weighted by molar-refractivity contribution is 0.0940. The molecule has 2 aliphatic rings. The van der Waals surface area contributed by atoms with Gasteiger partial charge in [0.2, 0.25) is 0 Å². The lowest BCUT2D eigenvalue weighted by Crippen LogP contribution is -2.35. The molecule has 1 amide bonds. The van der Waals surface area contributed by atoms with Crippen LogP contribution in [0.4, 0.5) is 15.8 Å². The van der Waals surface area contributed by atoms with Crippen LogP contribution in [0.25, 0.3) is 11.3 Å². The first-order chi connectivity index (χ1) is 16.6. The summed E-state index contributed by atoms with van der Waals surface area (Å²) in [6.45, 7) is 3.19. The highest BCUT2D eigenvalue weighted by Gasteiger charge is 2.33. The Morgan fingerprint density at radius 2 is 2.18 bits per heavy atom. The van der Waals surface area contributed by atoms with Crippen LogP contribution >= 0.6 is 0 Å². The predicted octanol–water partition coefficient (Wildman–Crippen LogP) is 5.30. The van der Waals surface area contributed by atoms with Crippen molar-refractivity contribution in [3.8, 4) is 22.8 Å². The number of methoxy groups -OCH3 is 1. The summed E-state index contributed by atoms with van der Waals surface area (Å²) in [6, 6.07) is 6.52. The van der Waals surface area contributed by atoms with Crippen molar-refractivity contribution < 1.29 is 18.7 Å². The fourth-order valence-corrected chi connectivity index (χ4v) is 4.65. The third-order valence-electron chi connectivity index (χ3n) is 6.42. The number of aromatic nitrogens is 2. The van der Waals surface area contributed by atoms with Crippen LogP contribution in [-0.4, -0.2) is 36.1 Å². The summed E-state index contributed by atoms with van der Waals surface area (Å²) < 4.78 is 25.9. The molecule has 34 heavy (non-hydrogen) atoms. The Kier molecular flexibility index (Phi) is 5.96. The molecule has 8 heteroatoms. The first-order valence-electron chi connectivity index (χ1n) is 11.4. The van der Waals surface area contributed by atoms with Crippen LogP contribution in [0.2, 0.25) is 0 Å². The molecule has 3 N–H and O–H groups in total. The SMILES string of the molecule is COc1c(F)cccc1Nc1c2[nH]c3c1C(=O)NC[C@@H]3CC/C=C(/C)CCOc1cnccc1-2. The van der Waals surface area contributed by atoms with Gasteiger partial charge in [0.05, 0.1) is 42.5 Å². The van der Waals surface area contributed by atoms with Gasteiger partial charge in [-0.25, -0.2) is 4.39 Å². The second kappa shape index (κ2) is 9.21. The Bertz CT molecular complexity index is 1270. The van der Waals surface area contributed by atoms with Crippen molar-refractivity contribution >= 4 is 17.3 Å². The molecule has 2 aliphatic heterocycles. The number of nitrogens with zero attached hydrogens (tertiary/aromatic N) is 1. The molecule has 1 aromatic carbocycles. The molecule has 7 nitrogen and oxygen atoms in total. The van der Waals surface area contributed by atoms with E-state index in [2.05, 4.69) is 33.6 Å². The van der Waals surface area contributed by atoms with E-state index in [1.54, 1.807) is 24.5 Å². The second-order valence-electron chi connectivity index (χ2n) is 8.61. The number of para-hydroxylation sites is 1. The maximum atomic E-state index is 14.4. The zero-order chi connectivity index (χ0) is 23.7. The van der Waals surface area contributed by atoms with Crippen molar-refractivity contribution in [1.29, 1.82) is 0 Å². The van der Waals surface area contributed by atoms with Gasteiger partial charge >= 0.3 is 0 Å². The van der Waals surface area contributed by atoms with E-state index < -0.39 is 5.82 Å². The first-order valence-corrected chi connectivity index (χ1v) is 11.4. The van der Waals surface area contributed by atoms with E-state index in [9.17, 15) is 9.18 Å². The van der Waals surface area contributed by atoms with Crippen molar-refractivity contribution in [2.75, 3.05) is 25.6 Å². The average molecular weight is 463 g/mol. The van der Waals surface area contributed by atoms with Crippen molar-refractivity contribution in [3.63, 3.8) is 0 Å². The lowest BCUT2D eigenvalue weighted by atomic mass is 9.91. The van der Waals surface area contributed by atoms with E-state index in [0.717, 1.165) is 30.5 Å². The summed E-state index contributed by atoms with van der Waals surface area (Å²) in [4.78, 5) is 20.9. The van der Waals surface area contributed by atoms with E-state index in [4.69, 9.17) is 9.47 Å².